The van der Waals surface area contributed by atoms with E-state index in [2.05, 4.69) is 48.7 Å². The molecule has 2 N–H and O–H groups in total. The van der Waals surface area contributed by atoms with Crippen molar-refractivity contribution in [1.82, 2.24) is 34.6 Å². The zero-order valence-corrected chi connectivity index (χ0v) is 12.2. The Balaban J connectivity index is 1.80. The van der Waals surface area contributed by atoms with Gasteiger partial charge in [0.2, 0.25) is 11.9 Å². The Bertz CT molecular complexity index is 587. The van der Waals surface area contributed by atoms with Crippen LogP contribution < -0.4 is 10.6 Å². The van der Waals surface area contributed by atoms with Crippen LogP contribution in [0.1, 0.15) is 13.8 Å². The van der Waals surface area contributed by atoms with Gasteiger partial charge in [-0.05, 0) is 13.8 Å². The molecule has 9 nitrogen and oxygen atoms in total. The van der Waals surface area contributed by atoms with Crippen LogP contribution in [0.4, 0.5) is 11.9 Å². The number of aromatic nitrogens is 6. The molecule has 0 unspecified atom stereocenters. The normalized spacial score (nSPS) is 16.6. The molecule has 2 aromatic rings. The fourth-order valence-electron chi connectivity index (χ4n) is 2.36. The maximum atomic E-state index is 5.79. The van der Waals surface area contributed by atoms with E-state index in [1.807, 2.05) is 0 Å². The van der Waals surface area contributed by atoms with Gasteiger partial charge < -0.3 is 10.6 Å². The van der Waals surface area contributed by atoms with E-state index in [4.69, 9.17) is 5.73 Å². The predicted molar refractivity (Wildman–Crippen MR) is 78.1 cm³/mol. The molecule has 3 rings (SSSR count). The molecule has 3 heterocycles. The summed E-state index contributed by atoms with van der Waals surface area (Å²) in [6.07, 6.45) is 2.97. The molecule has 112 valence electrons. The van der Waals surface area contributed by atoms with Crippen molar-refractivity contribution >= 4 is 11.9 Å². The first-order chi connectivity index (χ1) is 10.1. The minimum absolute atomic E-state index is 0.191. The van der Waals surface area contributed by atoms with E-state index >= 15 is 0 Å². The molecule has 1 saturated heterocycles. The average molecular weight is 289 g/mol. The zero-order chi connectivity index (χ0) is 14.8. The number of nitrogen functional groups attached to an aromatic ring is 1. The van der Waals surface area contributed by atoms with Gasteiger partial charge in [0.1, 0.15) is 12.7 Å². The van der Waals surface area contributed by atoms with Crippen LogP contribution in [-0.2, 0) is 0 Å². The molecule has 0 radical (unpaired) electrons. The minimum Gasteiger partial charge on any atom is -0.368 e. The molecule has 0 saturated carbocycles. The Kier molecular flexibility index (Phi) is 3.65. The van der Waals surface area contributed by atoms with Gasteiger partial charge in [-0.2, -0.15) is 24.7 Å². The number of hydrogen-bond donors (Lipinski definition) is 1. The Morgan fingerprint density at radius 2 is 1.76 bits per heavy atom. The van der Waals surface area contributed by atoms with Crippen LogP contribution in [0.2, 0.25) is 0 Å². The van der Waals surface area contributed by atoms with Gasteiger partial charge in [0, 0.05) is 32.2 Å². The molecule has 21 heavy (non-hydrogen) atoms. The van der Waals surface area contributed by atoms with Gasteiger partial charge >= 0.3 is 0 Å². The second-order valence-electron chi connectivity index (χ2n) is 5.25. The van der Waals surface area contributed by atoms with Crippen molar-refractivity contribution in [3.63, 3.8) is 0 Å². The van der Waals surface area contributed by atoms with E-state index in [-0.39, 0.29) is 5.95 Å². The monoisotopic (exact) mass is 289 g/mol. The first kappa shape index (κ1) is 13.7. The first-order valence-corrected chi connectivity index (χ1v) is 6.99. The first-order valence-electron chi connectivity index (χ1n) is 6.99. The van der Waals surface area contributed by atoms with Crippen molar-refractivity contribution in [2.24, 2.45) is 0 Å². The Morgan fingerprint density at radius 3 is 2.38 bits per heavy atom. The molecule has 0 aromatic carbocycles. The lowest BCUT2D eigenvalue weighted by molar-refractivity contribution is 0.208. The van der Waals surface area contributed by atoms with Crippen molar-refractivity contribution in [2.75, 3.05) is 36.8 Å². The number of nitrogens with zero attached hydrogens (tertiary/aromatic N) is 8. The maximum Gasteiger partial charge on any atom is 0.258 e. The fourth-order valence-corrected chi connectivity index (χ4v) is 2.36. The molecule has 0 bridgehead atoms. The molecule has 0 spiro atoms. The number of hydrogen-bond acceptors (Lipinski definition) is 8. The summed E-state index contributed by atoms with van der Waals surface area (Å²) in [5, 5.41) is 4.02. The Morgan fingerprint density at radius 1 is 1.05 bits per heavy atom. The van der Waals surface area contributed by atoms with Crippen LogP contribution in [0, 0.1) is 0 Å². The zero-order valence-electron chi connectivity index (χ0n) is 12.2. The lowest BCUT2D eigenvalue weighted by atomic mass is 10.2. The predicted octanol–water partition coefficient (Wildman–Crippen LogP) is -0.435. The van der Waals surface area contributed by atoms with Gasteiger partial charge in [0.05, 0.1) is 0 Å². The second kappa shape index (κ2) is 5.60. The number of piperazine rings is 1. The molecule has 0 aliphatic carbocycles. The van der Waals surface area contributed by atoms with Crippen LogP contribution >= 0.6 is 0 Å². The highest BCUT2D eigenvalue weighted by molar-refractivity contribution is 5.38. The molecule has 1 aliphatic rings. The summed E-state index contributed by atoms with van der Waals surface area (Å²) in [6.45, 7) is 8.14. The largest absolute Gasteiger partial charge is 0.368 e. The molecule has 0 amide bonds. The van der Waals surface area contributed by atoms with Crippen LogP contribution in [-0.4, -0.2) is 66.8 Å². The summed E-state index contributed by atoms with van der Waals surface area (Å²) in [7, 11) is 0. The van der Waals surface area contributed by atoms with Crippen LogP contribution in [0.15, 0.2) is 12.7 Å². The van der Waals surface area contributed by atoms with Crippen molar-refractivity contribution in [2.45, 2.75) is 19.9 Å². The Hall–Kier alpha value is -2.29. The standard InChI is InChI=1S/C12H19N9/c1-9(2)19-3-5-20(6-4-19)11-16-10(13)17-12(18-11)21-8-14-7-15-21/h7-9H,3-6H2,1-2H3,(H2,13,16,17,18). The van der Waals surface area contributed by atoms with Gasteiger partial charge in [0.15, 0.2) is 0 Å². The van der Waals surface area contributed by atoms with Crippen molar-refractivity contribution in [1.29, 1.82) is 0 Å². The molecule has 2 aromatic heterocycles. The van der Waals surface area contributed by atoms with Gasteiger partial charge in [-0.15, -0.1) is 0 Å². The van der Waals surface area contributed by atoms with E-state index < -0.39 is 0 Å². The number of nitrogens with two attached hydrogens (primary N) is 1. The lowest BCUT2D eigenvalue weighted by Crippen LogP contribution is -2.49. The average Bonchev–Trinajstić information content (AvgIpc) is 3.01. The summed E-state index contributed by atoms with van der Waals surface area (Å²) in [6, 6.07) is 0.557. The summed E-state index contributed by atoms with van der Waals surface area (Å²) < 4.78 is 1.48. The highest BCUT2D eigenvalue weighted by atomic mass is 15.4. The summed E-state index contributed by atoms with van der Waals surface area (Å²) in [5.74, 6) is 1.18. The van der Waals surface area contributed by atoms with Crippen LogP contribution in [0.25, 0.3) is 5.95 Å². The van der Waals surface area contributed by atoms with E-state index in [9.17, 15) is 0 Å². The molecule has 1 aliphatic heterocycles. The second-order valence-corrected chi connectivity index (χ2v) is 5.25. The van der Waals surface area contributed by atoms with E-state index in [1.165, 1.54) is 17.3 Å². The minimum atomic E-state index is 0.191. The van der Waals surface area contributed by atoms with Gasteiger partial charge in [-0.25, -0.2) is 4.98 Å². The highest BCUT2D eigenvalue weighted by Crippen LogP contribution is 2.14. The summed E-state index contributed by atoms with van der Waals surface area (Å²) in [4.78, 5) is 21.2. The molecule has 1 fully saturated rings. The van der Waals surface area contributed by atoms with Crippen molar-refractivity contribution in [3.8, 4) is 5.95 Å². The van der Waals surface area contributed by atoms with E-state index in [1.54, 1.807) is 0 Å². The third kappa shape index (κ3) is 2.92. The van der Waals surface area contributed by atoms with Gasteiger partial charge in [-0.3, -0.25) is 4.90 Å². The third-order valence-electron chi connectivity index (χ3n) is 3.58. The smallest absolute Gasteiger partial charge is 0.258 e. The summed E-state index contributed by atoms with van der Waals surface area (Å²) >= 11 is 0. The quantitative estimate of drug-likeness (QED) is 0.811. The number of rotatable bonds is 3. The third-order valence-corrected chi connectivity index (χ3v) is 3.58. The van der Waals surface area contributed by atoms with E-state index in [0.29, 0.717) is 17.9 Å². The van der Waals surface area contributed by atoms with Gasteiger partial charge in [0.25, 0.3) is 5.95 Å². The van der Waals surface area contributed by atoms with Crippen LogP contribution in [0.5, 0.6) is 0 Å². The van der Waals surface area contributed by atoms with E-state index in [0.717, 1.165) is 26.2 Å². The SMILES string of the molecule is CC(C)N1CCN(c2nc(N)nc(-n3cncn3)n2)CC1. The molecular weight excluding hydrogens is 270 g/mol. The molecule has 0 atom stereocenters. The Labute approximate surface area is 122 Å². The summed E-state index contributed by atoms with van der Waals surface area (Å²) in [5.41, 5.74) is 5.79. The van der Waals surface area contributed by atoms with Gasteiger partial charge in [-0.1, -0.05) is 0 Å². The topological polar surface area (TPSA) is 102 Å². The fraction of sp³-hybridized carbons (Fsp3) is 0.583. The number of anilines is 2. The van der Waals surface area contributed by atoms with Crippen molar-refractivity contribution in [3.05, 3.63) is 12.7 Å². The van der Waals surface area contributed by atoms with Crippen LogP contribution in [0.3, 0.4) is 0 Å². The highest BCUT2D eigenvalue weighted by Gasteiger charge is 2.21. The molecule has 9 heteroatoms. The van der Waals surface area contributed by atoms with Crippen molar-refractivity contribution < 1.29 is 0 Å². The molecular formula is C12H19N9. The lowest BCUT2D eigenvalue weighted by Gasteiger charge is -2.36. The maximum absolute atomic E-state index is 5.79.